The minimum absolute atomic E-state index is 0.329. The summed E-state index contributed by atoms with van der Waals surface area (Å²) >= 11 is 0. The fourth-order valence-corrected chi connectivity index (χ4v) is 0.706. The number of hydrogen-bond donors (Lipinski definition) is 0. The molecule has 0 radical (unpaired) electrons. The second-order valence-electron chi connectivity index (χ2n) is 2.39. The second-order valence-corrected chi connectivity index (χ2v) is 2.39. The molecular formula is C14H18O2. The van der Waals surface area contributed by atoms with Crippen LogP contribution in [0.2, 0.25) is 0 Å². The molecule has 0 aromatic heterocycles. The van der Waals surface area contributed by atoms with Crippen LogP contribution in [0.4, 0.5) is 0 Å². The summed E-state index contributed by atoms with van der Waals surface area (Å²) in [6, 6.07) is 10.0. The van der Waals surface area contributed by atoms with Crippen molar-refractivity contribution in [3.05, 3.63) is 68.5 Å². The molecule has 0 aliphatic heterocycles. The predicted molar refractivity (Wildman–Crippen MR) is 69.8 cm³/mol. The molecule has 0 saturated heterocycles. The van der Waals surface area contributed by atoms with Gasteiger partial charge in [-0.3, -0.25) is 4.79 Å². The van der Waals surface area contributed by atoms with Crippen LogP contribution in [0.3, 0.4) is 0 Å². The number of carbonyl (C=O) groups excluding carboxylic acids is 1. The van der Waals surface area contributed by atoms with Gasteiger partial charge in [-0.1, -0.05) is 49.6 Å². The zero-order valence-corrected chi connectivity index (χ0v) is 9.69. The van der Waals surface area contributed by atoms with Gasteiger partial charge in [0.25, 0.3) is 0 Å². The zero-order chi connectivity index (χ0) is 12.8. The topological polar surface area (TPSA) is 26.3 Å². The van der Waals surface area contributed by atoms with Crippen molar-refractivity contribution >= 4 is 12.0 Å². The Hall–Kier alpha value is -2.09. The summed E-state index contributed by atoms with van der Waals surface area (Å²) < 4.78 is 4.17. The molecule has 0 amide bonds. The normalized spacial score (nSPS) is 7.06. The first-order valence-electron chi connectivity index (χ1n) is 4.66. The maximum Gasteiger partial charge on any atom is 0.307 e. The Morgan fingerprint density at radius 2 is 1.69 bits per heavy atom. The van der Waals surface area contributed by atoms with Gasteiger partial charge >= 0.3 is 5.97 Å². The van der Waals surface area contributed by atoms with Gasteiger partial charge in [0.15, 0.2) is 0 Å². The summed E-state index contributed by atoms with van der Waals surface area (Å²) in [7, 11) is 0. The molecule has 2 nitrogen and oxygen atoms in total. The van der Waals surface area contributed by atoms with Crippen molar-refractivity contribution in [1.82, 2.24) is 0 Å². The van der Waals surface area contributed by atoms with Crippen molar-refractivity contribution in [1.29, 1.82) is 0 Å². The lowest BCUT2D eigenvalue weighted by atomic mass is 10.2. The van der Waals surface area contributed by atoms with Crippen molar-refractivity contribution in [2.24, 2.45) is 0 Å². The highest BCUT2D eigenvalue weighted by Crippen LogP contribution is 1.97. The summed E-state index contributed by atoms with van der Waals surface area (Å²) in [6.07, 6.45) is 2.93. The van der Waals surface area contributed by atoms with E-state index in [1.807, 2.05) is 36.4 Å². The van der Waals surface area contributed by atoms with Gasteiger partial charge in [0.2, 0.25) is 0 Å². The van der Waals surface area contributed by atoms with E-state index >= 15 is 0 Å². The average molecular weight is 218 g/mol. The first kappa shape index (κ1) is 16.3. The van der Waals surface area contributed by atoms with Gasteiger partial charge in [-0.05, 0) is 5.56 Å². The molecule has 1 aromatic rings. The van der Waals surface area contributed by atoms with Crippen molar-refractivity contribution in [2.75, 3.05) is 0 Å². The molecule has 0 fully saturated rings. The SMILES string of the molecule is C=C.C=COC(C)=O.C=Cc1ccccc1. The van der Waals surface area contributed by atoms with Crippen LogP contribution in [-0.4, -0.2) is 5.97 Å². The fraction of sp³-hybridized carbons (Fsp3) is 0.0714. The molecule has 0 heterocycles. The molecular weight excluding hydrogens is 200 g/mol. The highest BCUT2D eigenvalue weighted by atomic mass is 16.5. The van der Waals surface area contributed by atoms with E-state index in [0.717, 1.165) is 6.26 Å². The van der Waals surface area contributed by atoms with Crippen LogP contribution in [-0.2, 0) is 9.53 Å². The molecule has 0 aliphatic rings. The number of esters is 1. The maximum absolute atomic E-state index is 9.75. The Morgan fingerprint density at radius 3 is 1.88 bits per heavy atom. The van der Waals surface area contributed by atoms with E-state index in [4.69, 9.17) is 0 Å². The van der Waals surface area contributed by atoms with Crippen LogP contribution >= 0.6 is 0 Å². The zero-order valence-electron chi connectivity index (χ0n) is 9.69. The van der Waals surface area contributed by atoms with Crippen LogP contribution in [0, 0.1) is 0 Å². The molecule has 0 bridgehead atoms. The van der Waals surface area contributed by atoms with Crippen molar-refractivity contribution in [2.45, 2.75) is 6.92 Å². The first-order chi connectivity index (χ1) is 7.70. The van der Waals surface area contributed by atoms with Gasteiger partial charge in [-0.2, -0.15) is 0 Å². The molecule has 0 atom stereocenters. The second kappa shape index (κ2) is 12.9. The highest BCUT2D eigenvalue weighted by Gasteiger charge is 1.79. The van der Waals surface area contributed by atoms with Gasteiger partial charge in [-0.25, -0.2) is 0 Å². The highest BCUT2D eigenvalue weighted by molar-refractivity contribution is 5.66. The Labute approximate surface area is 97.6 Å². The van der Waals surface area contributed by atoms with E-state index in [-0.39, 0.29) is 5.97 Å². The van der Waals surface area contributed by atoms with E-state index in [2.05, 4.69) is 31.1 Å². The molecule has 0 saturated carbocycles. The summed E-state index contributed by atoms with van der Waals surface area (Å²) in [5, 5.41) is 0. The van der Waals surface area contributed by atoms with E-state index in [1.54, 1.807) is 0 Å². The number of carbonyl (C=O) groups is 1. The van der Waals surface area contributed by atoms with Crippen molar-refractivity contribution in [3.63, 3.8) is 0 Å². The molecule has 0 unspecified atom stereocenters. The van der Waals surface area contributed by atoms with Crippen molar-refractivity contribution in [3.8, 4) is 0 Å². The van der Waals surface area contributed by atoms with Crippen LogP contribution in [0.1, 0.15) is 12.5 Å². The lowest BCUT2D eigenvalue weighted by molar-refractivity contribution is -0.135. The molecule has 16 heavy (non-hydrogen) atoms. The Balaban J connectivity index is 0. The summed E-state index contributed by atoms with van der Waals surface area (Å²) in [5.74, 6) is -0.329. The third kappa shape index (κ3) is 11.9. The van der Waals surface area contributed by atoms with Gasteiger partial charge in [0.1, 0.15) is 0 Å². The molecule has 86 valence electrons. The third-order valence-corrected chi connectivity index (χ3v) is 1.28. The van der Waals surface area contributed by atoms with E-state index in [0.29, 0.717) is 0 Å². The Kier molecular flexibility index (Phi) is 13.2. The third-order valence-electron chi connectivity index (χ3n) is 1.28. The lowest BCUT2D eigenvalue weighted by Crippen LogP contribution is -1.87. The van der Waals surface area contributed by atoms with E-state index in [9.17, 15) is 4.79 Å². The molecule has 1 rings (SSSR count). The Bertz CT molecular complexity index is 302. The standard InChI is InChI=1S/C8H8.C4H6O2.C2H4/c1-2-8-6-4-3-5-7-8;1-3-6-4(2)5;1-2/h2-7H,1H2;3H,1H2,2H3;1-2H2. The van der Waals surface area contributed by atoms with Gasteiger partial charge in [0.05, 0.1) is 6.26 Å². The monoisotopic (exact) mass is 218 g/mol. The van der Waals surface area contributed by atoms with Crippen LogP contribution < -0.4 is 0 Å². The summed E-state index contributed by atoms with van der Waals surface area (Å²) in [5.41, 5.74) is 1.17. The number of ether oxygens (including phenoxy) is 1. The number of rotatable bonds is 2. The Morgan fingerprint density at radius 1 is 1.19 bits per heavy atom. The average Bonchev–Trinajstić information content (AvgIpc) is 2.33. The largest absolute Gasteiger partial charge is 0.435 e. The predicted octanol–water partition coefficient (Wildman–Crippen LogP) is 3.82. The van der Waals surface area contributed by atoms with E-state index in [1.165, 1.54) is 12.5 Å². The van der Waals surface area contributed by atoms with Gasteiger partial charge in [-0.15, -0.1) is 13.2 Å². The van der Waals surface area contributed by atoms with E-state index < -0.39 is 0 Å². The number of hydrogen-bond acceptors (Lipinski definition) is 2. The fourth-order valence-electron chi connectivity index (χ4n) is 0.706. The maximum atomic E-state index is 9.75. The molecule has 2 heteroatoms. The summed E-state index contributed by atoms with van der Waals surface area (Å²) in [6.45, 7) is 14.1. The van der Waals surface area contributed by atoms with Crippen LogP contribution in [0.25, 0.3) is 6.08 Å². The minimum Gasteiger partial charge on any atom is -0.435 e. The van der Waals surface area contributed by atoms with Crippen molar-refractivity contribution < 1.29 is 9.53 Å². The first-order valence-corrected chi connectivity index (χ1v) is 4.66. The smallest absolute Gasteiger partial charge is 0.307 e. The minimum atomic E-state index is -0.329. The molecule has 0 aliphatic carbocycles. The quantitative estimate of drug-likeness (QED) is 0.428. The number of benzene rings is 1. The van der Waals surface area contributed by atoms with Crippen LogP contribution in [0.15, 0.2) is 62.9 Å². The molecule has 1 aromatic carbocycles. The van der Waals surface area contributed by atoms with Gasteiger partial charge < -0.3 is 4.74 Å². The lowest BCUT2D eigenvalue weighted by Gasteiger charge is -1.85. The summed E-state index contributed by atoms with van der Waals surface area (Å²) in [4.78, 5) is 9.75. The van der Waals surface area contributed by atoms with Crippen LogP contribution in [0.5, 0.6) is 0 Å². The molecule has 0 spiro atoms. The van der Waals surface area contributed by atoms with Gasteiger partial charge in [0, 0.05) is 6.92 Å². The molecule has 0 N–H and O–H groups in total.